The SMILES string of the molecule is CC1CNCCN1C(=O)c1ccc(Br)c(F)c1F. The highest BCUT2D eigenvalue weighted by atomic mass is 79.9. The summed E-state index contributed by atoms with van der Waals surface area (Å²) in [7, 11) is 0. The van der Waals surface area contributed by atoms with E-state index in [-0.39, 0.29) is 16.1 Å². The number of nitrogens with one attached hydrogen (secondary N) is 1. The lowest BCUT2D eigenvalue weighted by molar-refractivity contribution is 0.0650. The van der Waals surface area contributed by atoms with Gasteiger partial charge in [0.2, 0.25) is 0 Å². The molecule has 1 N–H and O–H groups in total. The van der Waals surface area contributed by atoms with Crippen LogP contribution in [0.3, 0.4) is 0 Å². The summed E-state index contributed by atoms with van der Waals surface area (Å²) in [6, 6.07) is 2.62. The Balaban J connectivity index is 2.31. The van der Waals surface area contributed by atoms with Gasteiger partial charge >= 0.3 is 0 Å². The Bertz CT molecular complexity index is 481. The molecule has 0 saturated carbocycles. The van der Waals surface area contributed by atoms with Gasteiger partial charge in [0.05, 0.1) is 10.0 Å². The van der Waals surface area contributed by atoms with Crippen molar-refractivity contribution in [1.82, 2.24) is 10.2 Å². The van der Waals surface area contributed by atoms with E-state index in [0.29, 0.717) is 19.6 Å². The van der Waals surface area contributed by atoms with E-state index in [4.69, 9.17) is 0 Å². The molecule has 1 amide bonds. The number of carbonyl (C=O) groups excluding carboxylic acids is 1. The van der Waals surface area contributed by atoms with Crippen molar-refractivity contribution in [3.8, 4) is 0 Å². The van der Waals surface area contributed by atoms with Crippen LogP contribution in [0, 0.1) is 11.6 Å². The van der Waals surface area contributed by atoms with Crippen molar-refractivity contribution >= 4 is 21.8 Å². The highest BCUT2D eigenvalue weighted by molar-refractivity contribution is 9.10. The molecule has 1 heterocycles. The fourth-order valence-electron chi connectivity index (χ4n) is 1.99. The van der Waals surface area contributed by atoms with Crippen LogP contribution in [0.25, 0.3) is 0 Å². The van der Waals surface area contributed by atoms with Crippen molar-refractivity contribution < 1.29 is 13.6 Å². The van der Waals surface area contributed by atoms with Gasteiger partial charge in [0.25, 0.3) is 5.91 Å². The molecule has 0 aromatic heterocycles. The van der Waals surface area contributed by atoms with Gasteiger partial charge in [0.1, 0.15) is 0 Å². The monoisotopic (exact) mass is 318 g/mol. The number of rotatable bonds is 1. The first-order valence-electron chi connectivity index (χ1n) is 5.67. The number of benzene rings is 1. The van der Waals surface area contributed by atoms with Crippen LogP contribution in [0.4, 0.5) is 8.78 Å². The number of carbonyl (C=O) groups is 1. The van der Waals surface area contributed by atoms with E-state index in [0.717, 1.165) is 0 Å². The maximum atomic E-state index is 13.7. The van der Waals surface area contributed by atoms with Crippen LogP contribution in [0.2, 0.25) is 0 Å². The third-order valence-corrected chi connectivity index (χ3v) is 3.64. The normalized spacial score (nSPS) is 20.0. The van der Waals surface area contributed by atoms with E-state index >= 15 is 0 Å². The van der Waals surface area contributed by atoms with Crippen LogP contribution < -0.4 is 5.32 Å². The molecule has 18 heavy (non-hydrogen) atoms. The maximum Gasteiger partial charge on any atom is 0.257 e. The molecule has 0 bridgehead atoms. The molecule has 1 saturated heterocycles. The van der Waals surface area contributed by atoms with Crippen LogP contribution in [0.15, 0.2) is 16.6 Å². The summed E-state index contributed by atoms with van der Waals surface area (Å²) in [5, 5.41) is 3.14. The second-order valence-corrected chi connectivity index (χ2v) is 5.13. The Morgan fingerprint density at radius 3 is 2.83 bits per heavy atom. The van der Waals surface area contributed by atoms with Gasteiger partial charge in [-0.2, -0.15) is 0 Å². The first-order valence-corrected chi connectivity index (χ1v) is 6.47. The highest BCUT2D eigenvalue weighted by Gasteiger charge is 2.27. The van der Waals surface area contributed by atoms with E-state index < -0.39 is 17.5 Å². The van der Waals surface area contributed by atoms with Crippen molar-refractivity contribution in [2.24, 2.45) is 0 Å². The standard InChI is InChI=1S/C12H13BrF2N2O/c1-7-6-16-4-5-17(7)12(18)8-2-3-9(13)11(15)10(8)14/h2-3,7,16H,4-6H2,1H3. The fraction of sp³-hybridized carbons (Fsp3) is 0.417. The van der Waals surface area contributed by atoms with E-state index in [1.54, 1.807) is 4.90 Å². The summed E-state index contributed by atoms with van der Waals surface area (Å²) in [5.74, 6) is -2.59. The Kier molecular flexibility index (Phi) is 3.97. The molecule has 1 aromatic rings. The summed E-state index contributed by atoms with van der Waals surface area (Å²) in [6.45, 7) is 3.69. The topological polar surface area (TPSA) is 32.3 Å². The van der Waals surface area contributed by atoms with Gasteiger partial charge in [0, 0.05) is 25.7 Å². The van der Waals surface area contributed by atoms with Gasteiger partial charge in [-0.1, -0.05) is 0 Å². The Morgan fingerprint density at radius 2 is 2.17 bits per heavy atom. The quantitative estimate of drug-likeness (QED) is 0.805. The molecule has 98 valence electrons. The number of amides is 1. The van der Waals surface area contributed by atoms with Crippen molar-refractivity contribution in [1.29, 1.82) is 0 Å². The molecule has 0 aliphatic carbocycles. The maximum absolute atomic E-state index is 13.7. The van der Waals surface area contributed by atoms with Crippen LogP contribution in [-0.2, 0) is 0 Å². The minimum atomic E-state index is -1.10. The van der Waals surface area contributed by atoms with E-state index in [1.165, 1.54) is 12.1 Å². The van der Waals surface area contributed by atoms with Crippen LogP contribution in [-0.4, -0.2) is 36.5 Å². The number of hydrogen-bond donors (Lipinski definition) is 1. The van der Waals surface area contributed by atoms with Gasteiger partial charge in [-0.15, -0.1) is 0 Å². The van der Waals surface area contributed by atoms with Crippen molar-refractivity contribution in [2.45, 2.75) is 13.0 Å². The Labute approximate surface area is 112 Å². The molecule has 1 atom stereocenters. The molecule has 1 unspecified atom stereocenters. The minimum Gasteiger partial charge on any atom is -0.333 e. The second kappa shape index (κ2) is 5.32. The van der Waals surface area contributed by atoms with Gasteiger partial charge in [-0.3, -0.25) is 4.79 Å². The summed E-state index contributed by atoms with van der Waals surface area (Å²) in [6.07, 6.45) is 0. The molecule has 1 aliphatic rings. The molecule has 3 nitrogen and oxygen atoms in total. The molecular formula is C12H13BrF2N2O. The summed E-state index contributed by atoms with van der Waals surface area (Å²) in [5.41, 5.74) is -0.218. The zero-order chi connectivity index (χ0) is 13.3. The molecule has 1 aliphatic heterocycles. The molecular weight excluding hydrogens is 306 g/mol. The second-order valence-electron chi connectivity index (χ2n) is 4.27. The summed E-state index contributed by atoms with van der Waals surface area (Å²) >= 11 is 2.89. The van der Waals surface area contributed by atoms with Gasteiger partial charge in [-0.25, -0.2) is 8.78 Å². The van der Waals surface area contributed by atoms with Crippen molar-refractivity contribution in [2.75, 3.05) is 19.6 Å². The number of piperazine rings is 1. The molecule has 0 radical (unpaired) electrons. The molecule has 0 spiro atoms. The van der Waals surface area contributed by atoms with Gasteiger partial charge in [0.15, 0.2) is 11.6 Å². The lowest BCUT2D eigenvalue weighted by Crippen LogP contribution is -2.52. The Morgan fingerprint density at radius 1 is 1.44 bits per heavy atom. The highest BCUT2D eigenvalue weighted by Crippen LogP contribution is 2.22. The summed E-state index contributed by atoms with van der Waals surface area (Å²) < 4.78 is 27.2. The zero-order valence-corrected chi connectivity index (χ0v) is 11.4. The molecule has 1 fully saturated rings. The van der Waals surface area contributed by atoms with E-state index in [9.17, 15) is 13.6 Å². The van der Waals surface area contributed by atoms with Gasteiger partial charge in [-0.05, 0) is 35.0 Å². The average Bonchev–Trinajstić information content (AvgIpc) is 2.36. The lowest BCUT2D eigenvalue weighted by Gasteiger charge is -2.34. The zero-order valence-electron chi connectivity index (χ0n) is 9.84. The Hall–Kier alpha value is -1.01. The van der Waals surface area contributed by atoms with E-state index in [2.05, 4.69) is 21.2 Å². The third kappa shape index (κ3) is 2.40. The number of hydrogen-bond acceptors (Lipinski definition) is 2. The predicted molar refractivity (Wildman–Crippen MR) is 67.4 cm³/mol. The van der Waals surface area contributed by atoms with Crippen molar-refractivity contribution in [3.05, 3.63) is 33.8 Å². The smallest absolute Gasteiger partial charge is 0.257 e. The van der Waals surface area contributed by atoms with Crippen molar-refractivity contribution in [3.63, 3.8) is 0 Å². The average molecular weight is 319 g/mol. The molecule has 1 aromatic carbocycles. The summed E-state index contributed by atoms with van der Waals surface area (Å²) in [4.78, 5) is 13.7. The van der Waals surface area contributed by atoms with Gasteiger partial charge < -0.3 is 10.2 Å². The van der Waals surface area contributed by atoms with E-state index in [1.807, 2.05) is 6.92 Å². The first kappa shape index (κ1) is 13.4. The van der Waals surface area contributed by atoms with Crippen LogP contribution in [0.1, 0.15) is 17.3 Å². The van der Waals surface area contributed by atoms with Crippen LogP contribution in [0.5, 0.6) is 0 Å². The third-order valence-electron chi connectivity index (χ3n) is 3.03. The molecule has 6 heteroatoms. The fourth-order valence-corrected chi connectivity index (χ4v) is 2.29. The number of halogens is 3. The lowest BCUT2D eigenvalue weighted by atomic mass is 10.1. The predicted octanol–water partition coefficient (Wildman–Crippen LogP) is 2.16. The van der Waals surface area contributed by atoms with Crippen LogP contribution >= 0.6 is 15.9 Å². The molecule has 2 rings (SSSR count). The first-order chi connectivity index (χ1) is 8.52. The largest absolute Gasteiger partial charge is 0.333 e. The minimum absolute atomic E-state index is 0.0184. The number of nitrogens with zero attached hydrogens (tertiary/aromatic N) is 1.